The second-order valence-electron chi connectivity index (χ2n) is 6.44. The fourth-order valence-corrected chi connectivity index (χ4v) is 3.96. The van der Waals surface area contributed by atoms with Crippen LogP contribution in [-0.2, 0) is 27.2 Å². The maximum Gasteiger partial charge on any atom is 2.00 e. The average molecular weight is 475 g/mol. The number of nitrogens with zero attached hydrogens (tertiary/aromatic N) is 2. The van der Waals surface area contributed by atoms with E-state index in [0.717, 1.165) is 6.07 Å². The van der Waals surface area contributed by atoms with Crippen molar-refractivity contribution in [1.82, 2.24) is 0 Å². The molecule has 1 radical (unpaired) electrons. The Morgan fingerprint density at radius 3 is 2.26 bits per heavy atom. The molecule has 0 saturated carbocycles. The van der Waals surface area contributed by atoms with E-state index < -0.39 is 21.8 Å². The molecule has 8 nitrogen and oxygen atoms in total. The summed E-state index contributed by atoms with van der Waals surface area (Å²) >= 11 is 0. The van der Waals surface area contributed by atoms with Crippen molar-refractivity contribution in [2.45, 2.75) is 4.90 Å². The molecule has 4 aromatic rings. The summed E-state index contributed by atoms with van der Waals surface area (Å²) in [6.45, 7) is 0. The van der Waals surface area contributed by atoms with Gasteiger partial charge in [-0.15, -0.1) is 0 Å². The second-order valence-corrected chi connectivity index (χ2v) is 7.83. The summed E-state index contributed by atoms with van der Waals surface area (Å²) in [5.74, 6) is -2.08. The molecule has 0 aliphatic rings. The van der Waals surface area contributed by atoms with Crippen LogP contribution in [0.1, 0.15) is 10.4 Å². The van der Waals surface area contributed by atoms with Gasteiger partial charge < -0.3 is 15.0 Å². The minimum absolute atomic E-state index is 0. The van der Waals surface area contributed by atoms with Crippen molar-refractivity contribution in [3.05, 3.63) is 72.3 Å². The first-order valence-corrected chi connectivity index (χ1v) is 10.1. The van der Waals surface area contributed by atoms with Crippen molar-refractivity contribution in [3.63, 3.8) is 0 Å². The van der Waals surface area contributed by atoms with E-state index in [-0.39, 0.29) is 33.2 Å². The first kappa shape index (κ1) is 22.4. The fraction of sp³-hybridized carbons (Fsp3) is 0. The topological polar surface area (TPSA) is 142 Å². The Bertz CT molecular complexity index is 1470. The van der Waals surface area contributed by atoms with Crippen LogP contribution in [0.15, 0.2) is 81.9 Å². The van der Waals surface area contributed by atoms with E-state index in [0.29, 0.717) is 27.2 Å². The quantitative estimate of drug-likeness (QED) is 0.273. The van der Waals surface area contributed by atoms with Crippen LogP contribution in [0.25, 0.3) is 21.5 Å². The van der Waals surface area contributed by atoms with Gasteiger partial charge in [-0.25, -0.2) is 0 Å². The smallest absolute Gasteiger partial charge is 0.871 e. The van der Waals surface area contributed by atoms with Crippen LogP contribution in [0.5, 0.6) is 5.75 Å². The van der Waals surface area contributed by atoms with Gasteiger partial charge in [-0.1, -0.05) is 54.3 Å². The number of carbonyl (C=O) groups excluding carboxylic acids is 1. The Morgan fingerprint density at radius 1 is 0.871 bits per heavy atom. The average Bonchev–Trinajstić information content (AvgIpc) is 2.71. The van der Waals surface area contributed by atoms with Gasteiger partial charge in [0.2, 0.25) is 0 Å². The molecule has 0 atom stereocenters. The zero-order chi connectivity index (χ0) is 21.5. The molecule has 155 valence electrons. The summed E-state index contributed by atoms with van der Waals surface area (Å²) in [5, 5.41) is 33.2. The van der Waals surface area contributed by atoms with Gasteiger partial charge >= 0.3 is 17.1 Å². The Hall–Kier alpha value is -3.30. The number of rotatable bonds is 4. The van der Waals surface area contributed by atoms with Crippen LogP contribution in [0, 0.1) is 0 Å². The van der Waals surface area contributed by atoms with Crippen molar-refractivity contribution in [2.24, 2.45) is 10.2 Å². The summed E-state index contributed by atoms with van der Waals surface area (Å²) in [4.78, 5) is 11.1. The van der Waals surface area contributed by atoms with E-state index in [1.54, 1.807) is 36.4 Å². The molecule has 4 aromatic carbocycles. The minimum atomic E-state index is -4.39. The van der Waals surface area contributed by atoms with Gasteiger partial charge in [0.1, 0.15) is 4.90 Å². The maximum absolute atomic E-state index is 12.4. The number of fused-ring (bicyclic) bond motifs is 2. The normalized spacial score (nSPS) is 11.6. The van der Waals surface area contributed by atoms with Crippen LogP contribution in [0.3, 0.4) is 0 Å². The number of hydrogen-bond donors (Lipinski definition) is 1. The van der Waals surface area contributed by atoms with Crippen LogP contribution < -0.4 is 10.2 Å². The zero-order valence-electron chi connectivity index (χ0n) is 15.5. The van der Waals surface area contributed by atoms with E-state index in [4.69, 9.17) is 0 Å². The third-order valence-electron chi connectivity index (χ3n) is 4.57. The molecule has 0 heterocycles. The minimum Gasteiger partial charge on any atom is -0.871 e. The molecular formula is C21H12MnN2O6S. The Balaban J connectivity index is 0.00000272. The molecule has 0 aliphatic heterocycles. The first-order valence-electron chi connectivity index (χ1n) is 8.62. The van der Waals surface area contributed by atoms with Gasteiger partial charge in [-0.3, -0.25) is 4.55 Å². The molecule has 1 N–H and O–H groups in total. The van der Waals surface area contributed by atoms with E-state index >= 15 is 0 Å². The van der Waals surface area contributed by atoms with Crippen molar-refractivity contribution >= 4 is 49.0 Å². The summed E-state index contributed by atoms with van der Waals surface area (Å²) in [6, 6.07) is 16.3. The monoisotopic (exact) mass is 475 g/mol. The summed E-state index contributed by atoms with van der Waals surface area (Å²) in [6.07, 6.45) is 0. The van der Waals surface area contributed by atoms with Crippen LogP contribution in [-0.4, -0.2) is 18.9 Å². The van der Waals surface area contributed by atoms with Gasteiger partial charge in [-0.05, 0) is 29.0 Å². The predicted molar refractivity (Wildman–Crippen MR) is 106 cm³/mol. The number of carboxylic acid groups (broad SMARTS) is 1. The third-order valence-corrected chi connectivity index (χ3v) is 5.48. The molecule has 0 bridgehead atoms. The molecule has 4 rings (SSSR count). The van der Waals surface area contributed by atoms with Crippen molar-refractivity contribution < 1.29 is 45.0 Å². The molecule has 0 unspecified atom stereocenters. The Labute approximate surface area is 187 Å². The largest absolute Gasteiger partial charge is 2.00 e. The van der Waals surface area contributed by atoms with Crippen LogP contribution in [0.2, 0.25) is 0 Å². The predicted octanol–water partition coefficient (Wildman–Crippen LogP) is 3.09. The first-order chi connectivity index (χ1) is 14.3. The van der Waals surface area contributed by atoms with E-state index in [1.165, 1.54) is 24.3 Å². The number of benzene rings is 4. The Kier molecular flexibility index (Phi) is 6.10. The molecule has 0 aromatic heterocycles. The van der Waals surface area contributed by atoms with Crippen LogP contribution >= 0.6 is 0 Å². The van der Waals surface area contributed by atoms with E-state index in [2.05, 4.69) is 10.2 Å². The Morgan fingerprint density at radius 2 is 1.58 bits per heavy atom. The van der Waals surface area contributed by atoms with Gasteiger partial charge in [-0.2, -0.15) is 18.6 Å². The van der Waals surface area contributed by atoms with Crippen LogP contribution in [0.4, 0.5) is 11.4 Å². The van der Waals surface area contributed by atoms with Crippen molar-refractivity contribution in [1.29, 1.82) is 0 Å². The third kappa shape index (κ3) is 4.28. The maximum atomic E-state index is 12.4. The molecule has 0 aliphatic carbocycles. The molecule has 10 heteroatoms. The van der Waals surface area contributed by atoms with E-state index in [9.17, 15) is 28.0 Å². The van der Waals surface area contributed by atoms with Gasteiger partial charge in [0.05, 0.1) is 17.3 Å². The molecule has 0 amide bonds. The second kappa shape index (κ2) is 8.44. The number of aromatic carboxylic acids is 1. The summed E-state index contributed by atoms with van der Waals surface area (Å²) in [7, 11) is -4.39. The number of azo groups is 1. The number of hydrogen-bond acceptors (Lipinski definition) is 7. The molecule has 0 fully saturated rings. The summed E-state index contributed by atoms with van der Waals surface area (Å²) < 4.78 is 32.4. The molecular weight excluding hydrogens is 463 g/mol. The standard InChI is InChI=1S/C21H14N2O6S.Mn/c24-18-11-17(21(25)26)15-5-1-2-6-16(15)20(18)23-22-13-8-9-14-12(10-13)4-3-7-19(14)30(27,28)29;/h1-11,24H,(H,25,26)(H,27,28,29);/q;+2/p-2. The van der Waals surface area contributed by atoms with E-state index in [1.807, 2.05) is 0 Å². The molecule has 0 spiro atoms. The van der Waals surface area contributed by atoms with Crippen molar-refractivity contribution in [3.8, 4) is 5.75 Å². The number of carboxylic acids is 1. The van der Waals surface area contributed by atoms with Gasteiger partial charge in [0, 0.05) is 16.3 Å². The molecule has 31 heavy (non-hydrogen) atoms. The summed E-state index contributed by atoms with van der Waals surface area (Å²) in [5.41, 5.74) is 0.0860. The molecule has 0 saturated heterocycles. The van der Waals surface area contributed by atoms with Gasteiger partial charge in [0.15, 0.2) is 0 Å². The zero-order valence-corrected chi connectivity index (χ0v) is 17.5. The fourth-order valence-electron chi connectivity index (χ4n) is 3.24. The SMILES string of the molecule is O=C([O-])c1cc([O-])c(N=Nc2ccc3c(S(=O)(=O)O)cccc3c2)c2ccccc12.[Mn+2]. The van der Waals surface area contributed by atoms with Gasteiger partial charge in [0.25, 0.3) is 10.1 Å². The van der Waals surface area contributed by atoms with Crippen molar-refractivity contribution in [2.75, 3.05) is 0 Å². The number of carbonyl (C=O) groups is 1.